The van der Waals surface area contributed by atoms with E-state index in [2.05, 4.69) is 15.6 Å². The second kappa shape index (κ2) is 9.03. The predicted octanol–water partition coefficient (Wildman–Crippen LogP) is 0.932. The zero-order valence-corrected chi connectivity index (χ0v) is 16.3. The van der Waals surface area contributed by atoms with Gasteiger partial charge in [0, 0.05) is 13.1 Å². The molecule has 2 rings (SSSR count). The van der Waals surface area contributed by atoms with Gasteiger partial charge in [-0.2, -0.15) is 0 Å². The third-order valence-corrected chi connectivity index (χ3v) is 4.83. The fourth-order valence-electron chi connectivity index (χ4n) is 2.41. The van der Waals surface area contributed by atoms with E-state index < -0.39 is 15.6 Å². The molecule has 0 spiro atoms. The minimum Gasteiger partial charge on any atom is -0.466 e. The van der Waals surface area contributed by atoms with Crippen LogP contribution < -0.4 is 15.8 Å². The lowest BCUT2D eigenvalue weighted by atomic mass is 10.0. The van der Waals surface area contributed by atoms with E-state index in [1.54, 1.807) is 31.2 Å². The Balaban J connectivity index is 1.92. The fourth-order valence-corrected chi connectivity index (χ4v) is 2.92. The fraction of sp³-hybridized carbons (Fsp3) is 0.389. The Labute approximate surface area is 159 Å². The maximum atomic E-state index is 11.3. The van der Waals surface area contributed by atoms with Crippen molar-refractivity contribution in [3.05, 3.63) is 54.0 Å². The van der Waals surface area contributed by atoms with Gasteiger partial charge in [-0.25, -0.2) is 18.5 Å². The van der Waals surface area contributed by atoms with Crippen molar-refractivity contribution in [2.75, 3.05) is 19.6 Å². The first-order valence-electron chi connectivity index (χ1n) is 8.62. The van der Waals surface area contributed by atoms with Gasteiger partial charge in [0.1, 0.15) is 11.4 Å². The predicted molar refractivity (Wildman–Crippen MR) is 104 cm³/mol. The van der Waals surface area contributed by atoms with E-state index in [-0.39, 0.29) is 11.4 Å². The number of rotatable bonds is 8. The molecule has 9 heteroatoms. The molecule has 2 aromatic rings. The highest BCUT2D eigenvalue weighted by Gasteiger charge is 2.26. The van der Waals surface area contributed by atoms with E-state index >= 15 is 0 Å². The van der Waals surface area contributed by atoms with E-state index in [4.69, 9.17) is 9.56 Å². The smallest absolute Gasteiger partial charge is 0.238 e. The first-order chi connectivity index (χ1) is 12.7. The van der Waals surface area contributed by atoms with Gasteiger partial charge in [0.25, 0.3) is 0 Å². The zero-order chi connectivity index (χ0) is 19.9. The van der Waals surface area contributed by atoms with Gasteiger partial charge in [-0.05, 0) is 50.1 Å². The summed E-state index contributed by atoms with van der Waals surface area (Å²) in [5.74, 6) is 1.03. The number of nitrogens with zero attached hydrogens (tertiary/aromatic N) is 1. The second-order valence-electron chi connectivity index (χ2n) is 6.31. The van der Waals surface area contributed by atoms with Crippen LogP contribution in [-0.2, 0) is 22.0 Å². The summed E-state index contributed by atoms with van der Waals surface area (Å²) in [6, 6.07) is 9.87. The maximum absolute atomic E-state index is 11.3. The molecule has 1 unspecified atom stereocenters. The van der Waals surface area contributed by atoms with Crippen molar-refractivity contribution in [1.82, 2.24) is 10.6 Å². The molecule has 0 fully saturated rings. The number of primary sulfonamides is 1. The van der Waals surface area contributed by atoms with Gasteiger partial charge in [0.15, 0.2) is 5.96 Å². The minimum atomic E-state index is -3.68. The highest BCUT2D eigenvalue weighted by Crippen LogP contribution is 2.21. The van der Waals surface area contributed by atoms with Gasteiger partial charge < -0.3 is 20.2 Å². The lowest BCUT2D eigenvalue weighted by molar-refractivity contribution is 0.0437. The maximum Gasteiger partial charge on any atom is 0.238 e. The Morgan fingerprint density at radius 3 is 2.52 bits per heavy atom. The Bertz CT molecular complexity index is 844. The number of benzene rings is 1. The number of guanidine groups is 1. The van der Waals surface area contributed by atoms with E-state index in [0.29, 0.717) is 31.2 Å². The molecule has 0 aliphatic carbocycles. The number of furan rings is 1. The van der Waals surface area contributed by atoms with Gasteiger partial charge >= 0.3 is 0 Å². The van der Waals surface area contributed by atoms with Gasteiger partial charge in [0.2, 0.25) is 10.0 Å². The molecule has 148 valence electrons. The zero-order valence-electron chi connectivity index (χ0n) is 15.5. The third kappa shape index (κ3) is 6.38. The molecule has 0 aliphatic rings. The molecule has 0 saturated carbocycles. The molecule has 0 bridgehead atoms. The van der Waals surface area contributed by atoms with Crippen LogP contribution >= 0.6 is 0 Å². The largest absolute Gasteiger partial charge is 0.466 e. The Morgan fingerprint density at radius 1 is 1.26 bits per heavy atom. The van der Waals surface area contributed by atoms with Crippen molar-refractivity contribution >= 4 is 16.0 Å². The van der Waals surface area contributed by atoms with Gasteiger partial charge in [0.05, 0.1) is 17.7 Å². The Morgan fingerprint density at radius 2 is 1.96 bits per heavy atom. The number of aliphatic hydroxyl groups is 1. The molecule has 0 aliphatic heterocycles. The monoisotopic (exact) mass is 394 g/mol. The Kier molecular flexibility index (Phi) is 7.00. The van der Waals surface area contributed by atoms with Crippen molar-refractivity contribution in [2.24, 2.45) is 10.1 Å². The quantitative estimate of drug-likeness (QED) is 0.389. The van der Waals surface area contributed by atoms with E-state index in [9.17, 15) is 13.5 Å². The topological polar surface area (TPSA) is 130 Å². The van der Waals surface area contributed by atoms with E-state index in [1.165, 1.54) is 18.4 Å². The number of aliphatic imine (C=N–C) groups is 1. The molecule has 8 nitrogen and oxygen atoms in total. The number of hydrogen-bond donors (Lipinski definition) is 4. The van der Waals surface area contributed by atoms with Crippen molar-refractivity contribution in [2.45, 2.75) is 30.8 Å². The van der Waals surface area contributed by atoms with E-state index in [1.807, 2.05) is 6.92 Å². The van der Waals surface area contributed by atoms with Gasteiger partial charge in [-0.1, -0.05) is 12.1 Å². The van der Waals surface area contributed by atoms with Crippen LogP contribution in [0.1, 0.15) is 25.2 Å². The lowest BCUT2D eigenvalue weighted by Crippen LogP contribution is -2.39. The van der Waals surface area contributed by atoms with Gasteiger partial charge in [-0.3, -0.25) is 0 Å². The molecule has 27 heavy (non-hydrogen) atoms. The molecule has 1 aromatic carbocycles. The molecular formula is C18H26N4O4S. The molecule has 0 saturated heterocycles. The molecule has 1 heterocycles. The van der Waals surface area contributed by atoms with Crippen LogP contribution in [0.3, 0.4) is 0 Å². The van der Waals surface area contributed by atoms with Crippen LogP contribution in [-0.4, -0.2) is 39.1 Å². The third-order valence-electron chi connectivity index (χ3n) is 3.90. The summed E-state index contributed by atoms with van der Waals surface area (Å²) in [6.45, 7) is 5.00. The van der Waals surface area contributed by atoms with Crippen molar-refractivity contribution in [3.8, 4) is 0 Å². The van der Waals surface area contributed by atoms with Crippen LogP contribution in [0.4, 0.5) is 0 Å². The average molecular weight is 394 g/mol. The summed E-state index contributed by atoms with van der Waals surface area (Å²) in [6.07, 6.45) is 2.18. The van der Waals surface area contributed by atoms with Crippen molar-refractivity contribution in [3.63, 3.8) is 0 Å². The van der Waals surface area contributed by atoms with Crippen LogP contribution in [0, 0.1) is 0 Å². The first kappa shape index (κ1) is 20.9. The Hall–Kier alpha value is -2.36. The van der Waals surface area contributed by atoms with E-state index in [0.717, 1.165) is 5.56 Å². The number of sulfonamides is 1. The normalized spacial score (nSPS) is 14.6. The van der Waals surface area contributed by atoms with Crippen molar-refractivity contribution < 1.29 is 17.9 Å². The summed E-state index contributed by atoms with van der Waals surface area (Å²) < 4.78 is 27.8. The molecular weight excluding hydrogens is 368 g/mol. The molecule has 0 amide bonds. The summed E-state index contributed by atoms with van der Waals surface area (Å²) in [7, 11) is -3.68. The number of nitrogens with one attached hydrogen (secondary N) is 2. The highest BCUT2D eigenvalue weighted by molar-refractivity contribution is 7.89. The van der Waals surface area contributed by atoms with Crippen LogP contribution in [0.5, 0.6) is 0 Å². The summed E-state index contributed by atoms with van der Waals surface area (Å²) >= 11 is 0. The standard InChI is InChI=1S/C18H26N4O4S/c1-3-20-17(22-13-18(2,23)16-5-4-12-26-16)21-11-10-14-6-8-15(9-7-14)27(19,24)25/h4-9,12,23H,3,10-11,13H2,1-2H3,(H2,19,24,25)(H2,20,21,22). The molecule has 5 N–H and O–H groups in total. The number of nitrogens with two attached hydrogens (primary N) is 1. The number of hydrogen-bond acceptors (Lipinski definition) is 5. The second-order valence-corrected chi connectivity index (χ2v) is 7.87. The minimum absolute atomic E-state index is 0.0919. The molecule has 0 radical (unpaired) electrons. The van der Waals surface area contributed by atoms with Crippen molar-refractivity contribution in [1.29, 1.82) is 0 Å². The van der Waals surface area contributed by atoms with Gasteiger partial charge in [-0.15, -0.1) is 0 Å². The summed E-state index contributed by atoms with van der Waals surface area (Å²) in [5.41, 5.74) is -0.233. The summed E-state index contributed by atoms with van der Waals surface area (Å²) in [5, 5.41) is 21.9. The average Bonchev–Trinajstić information content (AvgIpc) is 3.15. The lowest BCUT2D eigenvalue weighted by Gasteiger charge is -2.19. The van der Waals surface area contributed by atoms with Crippen LogP contribution in [0.25, 0.3) is 0 Å². The van der Waals surface area contributed by atoms with Crippen LogP contribution in [0.2, 0.25) is 0 Å². The first-order valence-corrected chi connectivity index (χ1v) is 10.2. The molecule has 1 aromatic heterocycles. The summed E-state index contributed by atoms with van der Waals surface area (Å²) in [4.78, 5) is 4.50. The SMILES string of the molecule is CCNC(=NCC(C)(O)c1ccco1)NCCc1ccc(S(N)(=O)=O)cc1. The van der Waals surface area contributed by atoms with Crippen LogP contribution in [0.15, 0.2) is 57.0 Å². The highest BCUT2D eigenvalue weighted by atomic mass is 32.2. The molecule has 1 atom stereocenters.